The summed E-state index contributed by atoms with van der Waals surface area (Å²) in [7, 11) is 0. The molecule has 1 unspecified atom stereocenters. The molecule has 1 aromatic carbocycles. The zero-order chi connectivity index (χ0) is 18.0. The van der Waals surface area contributed by atoms with Crippen LogP contribution < -0.4 is 0 Å². The van der Waals surface area contributed by atoms with Crippen LogP contribution in [0, 0.1) is 0 Å². The van der Waals surface area contributed by atoms with Gasteiger partial charge in [0.15, 0.2) is 6.29 Å². The van der Waals surface area contributed by atoms with Crippen molar-refractivity contribution >= 4 is 11.9 Å². The van der Waals surface area contributed by atoms with Gasteiger partial charge in [0, 0.05) is 32.3 Å². The maximum atomic E-state index is 11.4. The second kappa shape index (κ2) is 7.11. The molecule has 1 N–H and O–H groups in total. The minimum absolute atomic E-state index is 0.117. The standard InChI is InChI=1S/C18H22O7/c1-11(19)22-10-18(21)8-14(23-12(2)20)16-15(9-18)24-17(25-16)13-6-4-3-5-7-13/h3-7,14-17,21H,8-10H2,1-2H3/t14-,15-,16+,17?,18-/m1/s1. The van der Waals surface area contributed by atoms with Crippen LogP contribution in [0.1, 0.15) is 38.5 Å². The fourth-order valence-corrected chi connectivity index (χ4v) is 3.38. The van der Waals surface area contributed by atoms with Crippen LogP contribution in [0.15, 0.2) is 30.3 Å². The Bertz CT molecular complexity index is 632. The van der Waals surface area contributed by atoms with Crippen molar-refractivity contribution in [3.05, 3.63) is 35.9 Å². The highest BCUT2D eigenvalue weighted by atomic mass is 16.7. The van der Waals surface area contributed by atoms with Gasteiger partial charge in [-0.15, -0.1) is 0 Å². The number of esters is 2. The molecule has 1 saturated heterocycles. The second-order valence-corrected chi connectivity index (χ2v) is 6.58. The molecule has 5 atom stereocenters. The Morgan fingerprint density at radius 1 is 1.16 bits per heavy atom. The van der Waals surface area contributed by atoms with Gasteiger partial charge in [-0.2, -0.15) is 0 Å². The van der Waals surface area contributed by atoms with Crippen LogP contribution >= 0.6 is 0 Å². The molecular weight excluding hydrogens is 328 g/mol. The van der Waals surface area contributed by atoms with Gasteiger partial charge in [0.2, 0.25) is 0 Å². The van der Waals surface area contributed by atoms with Gasteiger partial charge in [-0.25, -0.2) is 0 Å². The van der Waals surface area contributed by atoms with E-state index >= 15 is 0 Å². The molecule has 0 bridgehead atoms. The van der Waals surface area contributed by atoms with Gasteiger partial charge in [-0.05, 0) is 0 Å². The van der Waals surface area contributed by atoms with Gasteiger partial charge >= 0.3 is 11.9 Å². The number of hydrogen-bond acceptors (Lipinski definition) is 7. The number of ether oxygens (including phenoxy) is 4. The summed E-state index contributed by atoms with van der Waals surface area (Å²) < 4.78 is 22.2. The number of carbonyl (C=O) groups is 2. The zero-order valence-corrected chi connectivity index (χ0v) is 14.2. The smallest absolute Gasteiger partial charge is 0.302 e. The molecular formula is C18H22O7. The molecule has 1 heterocycles. The van der Waals surface area contributed by atoms with Crippen LogP contribution in [-0.2, 0) is 28.5 Å². The number of benzene rings is 1. The number of carbonyl (C=O) groups excluding carboxylic acids is 2. The van der Waals surface area contributed by atoms with E-state index in [1.54, 1.807) is 0 Å². The van der Waals surface area contributed by atoms with Crippen LogP contribution in [-0.4, -0.2) is 47.6 Å². The fourth-order valence-electron chi connectivity index (χ4n) is 3.38. The predicted octanol–water partition coefficient (Wildman–Crippen LogP) is 1.49. The zero-order valence-electron chi connectivity index (χ0n) is 14.2. The molecule has 7 nitrogen and oxygen atoms in total. The Kier molecular flexibility index (Phi) is 5.08. The summed E-state index contributed by atoms with van der Waals surface area (Å²) in [6.07, 6.45) is -1.87. The summed E-state index contributed by atoms with van der Waals surface area (Å²) >= 11 is 0. The molecule has 0 amide bonds. The van der Waals surface area contributed by atoms with Gasteiger partial charge in [0.25, 0.3) is 0 Å². The average molecular weight is 350 g/mol. The minimum Gasteiger partial charge on any atom is -0.463 e. The van der Waals surface area contributed by atoms with E-state index in [1.165, 1.54) is 13.8 Å². The van der Waals surface area contributed by atoms with Crippen molar-refractivity contribution in [1.82, 2.24) is 0 Å². The summed E-state index contributed by atoms with van der Waals surface area (Å²) in [5.41, 5.74) is -0.482. The van der Waals surface area contributed by atoms with E-state index in [-0.39, 0.29) is 19.4 Å². The van der Waals surface area contributed by atoms with Gasteiger partial charge in [0.05, 0.1) is 6.10 Å². The normalized spacial score (nSPS) is 34.2. The Labute approximate surface area is 145 Å². The van der Waals surface area contributed by atoms with E-state index in [4.69, 9.17) is 18.9 Å². The molecule has 3 rings (SSSR count). The monoisotopic (exact) mass is 350 g/mol. The molecule has 2 aliphatic rings. The van der Waals surface area contributed by atoms with Crippen molar-refractivity contribution in [2.75, 3.05) is 6.61 Å². The molecule has 7 heteroatoms. The fraction of sp³-hybridized carbons (Fsp3) is 0.556. The molecule has 1 aromatic rings. The number of rotatable bonds is 4. The lowest BCUT2D eigenvalue weighted by Crippen LogP contribution is -2.54. The van der Waals surface area contributed by atoms with E-state index in [1.807, 2.05) is 30.3 Å². The molecule has 2 fully saturated rings. The maximum Gasteiger partial charge on any atom is 0.302 e. The number of fused-ring (bicyclic) bond motifs is 1. The van der Waals surface area contributed by atoms with Crippen molar-refractivity contribution in [3.63, 3.8) is 0 Å². The molecule has 1 saturated carbocycles. The largest absolute Gasteiger partial charge is 0.463 e. The maximum absolute atomic E-state index is 11.4. The van der Waals surface area contributed by atoms with Gasteiger partial charge in [-0.1, -0.05) is 30.3 Å². The van der Waals surface area contributed by atoms with Crippen LogP contribution in [0.25, 0.3) is 0 Å². The summed E-state index contributed by atoms with van der Waals surface area (Å²) in [6.45, 7) is 2.40. The summed E-state index contributed by atoms with van der Waals surface area (Å²) in [5, 5.41) is 10.8. The Morgan fingerprint density at radius 2 is 1.88 bits per heavy atom. The molecule has 0 aromatic heterocycles. The van der Waals surface area contributed by atoms with Gasteiger partial charge in [-0.3, -0.25) is 9.59 Å². The first kappa shape index (κ1) is 17.8. The highest BCUT2D eigenvalue weighted by Crippen LogP contribution is 2.43. The minimum atomic E-state index is -1.33. The first-order chi connectivity index (χ1) is 11.9. The average Bonchev–Trinajstić information content (AvgIpc) is 2.97. The quantitative estimate of drug-likeness (QED) is 0.823. The Hall–Kier alpha value is -1.96. The van der Waals surface area contributed by atoms with Crippen molar-refractivity contribution in [2.24, 2.45) is 0 Å². The van der Waals surface area contributed by atoms with Crippen molar-refractivity contribution < 1.29 is 33.6 Å². The third kappa shape index (κ3) is 4.18. The van der Waals surface area contributed by atoms with E-state index in [2.05, 4.69) is 0 Å². The summed E-state index contributed by atoms with van der Waals surface area (Å²) in [6, 6.07) is 9.42. The highest BCUT2D eigenvalue weighted by Gasteiger charge is 2.53. The summed E-state index contributed by atoms with van der Waals surface area (Å²) in [5.74, 6) is -0.947. The SMILES string of the molecule is CC(=O)OC[C@@]1(O)C[C@@H](OC(C)=O)[C@@H]2OC(c3ccccc3)O[C@@H]2C1. The first-order valence-electron chi connectivity index (χ1n) is 8.25. The lowest BCUT2D eigenvalue weighted by molar-refractivity contribution is -0.179. The molecule has 1 aliphatic heterocycles. The van der Waals surface area contributed by atoms with Crippen LogP contribution in [0.4, 0.5) is 0 Å². The lowest BCUT2D eigenvalue weighted by atomic mass is 9.80. The second-order valence-electron chi connectivity index (χ2n) is 6.58. The Morgan fingerprint density at radius 3 is 2.52 bits per heavy atom. The van der Waals surface area contributed by atoms with Crippen LogP contribution in [0.2, 0.25) is 0 Å². The molecule has 0 spiro atoms. The van der Waals surface area contributed by atoms with Crippen LogP contribution in [0.3, 0.4) is 0 Å². The Balaban J connectivity index is 1.78. The highest BCUT2D eigenvalue weighted by molar-refractivity contribution is 5.66. The molecule has 1 aliphatic carbocycles. The number of aliphatic hydroxyl groups is 1. The van der Waals surface area contributed by atoms with E-state index in [9.17, 15) is 14.7 Å². The van der Waals surface area contributed by atoms with E-state index < -0.39 is 42.1 Å². The lowest BCUT2D eigenvalue weighted by Gasteiger charge is -2.40. The van der Waals surface area contributed by atoms with Crippen molar-refractivity contribution in [3.8, 4) is 0 Å². The van der Waals surface area contributed by atoms with E-state index in [0.717, 1.165) is 5.56 Å². The summed E-state index contributed by atoms with van der Waals surface area (Å²) in [4.78, 5) is 22.5. The van der Waals surface area contributed by atoms with Crippen LogP contribution in [0.5, 0.6) is 0 Å². The molecule has 25 heavy (non-hydrogen) atoms. The van der Waals surface area contributed by atoms with Gasteiger partial charge in [0.1, 0.15) is 24.4 Å². The van der Waals surface area contributed by atoms with Crippen molar-refractivity contribution in [1.29, 1.82) is 0 Å². The topological polar surface area (TPSA) is 91.3 Å². The predicted molar refractivity (Wildman–Crippen MR) is 85.3 cm³/mol. The van der Waals surface area contributed by atoms with Gasteiger partial charge < -0.3 is 24.1 Å². The van der Waals surface area contributed by atoms with E-state index in [0.29, 0.717) is 0 Å². The number of hydrogen-bond donors (Lipinski definition) is 1. The molecule has 0 radical (unpaired) electrons. The third-order valence-electron chi connectivity index (χ3n) is 4.41. The molecule has 136 valence electrons. The first-order valence-corrected chi connectivity index (χ1v) is 8.25. The van der Waals surface area contributed by atoms with Crippen molar-refractivity contribution in [2.45, 2.75) is 56.9 Å². The third-order valence-corrected chi connectivity index (χ3v) is 4.41.